The van der Waals surface area contributed by atoms with Gasteiger partial charge in [0.05, 0.1) is 7.11 Å². The second kappa shape index (κ2) is 3.00. The third-order valence-corrected chi connectivity index (χ3v) is 1.83. The molecule has 1 unspecified atom stereocenters. The van der Waals surface area contributed by atoms with Crippen LogP contribution in [0.3, 0.4) is 0 Å². The van der Waals surface area contributed by atoms with Crippen molar-refractivity contribution in [1.82, 2.24) is 0 Å². The zero-order chi connectivity index (χ0) is 9.19. The van der Waals surface area contributed by atoms with Crippen molar-refractivity contribution in [3.63, 3.8) is 0 Å². The molecule has 0 aromatic carbocycles. The number of hydrogen-bond acceptors (Lipinski definition) is 5. The molecule has 0 spiro atoms. The Morgan fingerprint density at radius 1 is 1.75 bits per heavy atom. The van der Waals surface area contributed by atoms with Crippen molar-refractivity contribution in [2.75, 3.05) is 13.7 Å². The highest BCUT2D eigenvalue weighted by molar-refractivity contribution is 5.84. The fraction of sp³-hybridized carbons (Fsp3) is 0.714. The minimum Gasteiger partial charge on any atom is -0.466 e. The quantitative estimate of drug-likeness (QED) is 0.569. The van der Waals surface area contributed by atoms with E-state index in [1.54, 1.807) is 6.92 Å². The summed E-state index contributed by atoms with van der Waals surface area (Å²) >= 11 is 0. The van der Waals surface area contributed by atoms with Crippen LogP contribution in [0.1, 0.15) is 13.3 Å². The van der Waals surface area contributed by atoms with Crippen molar-refractivity contribution < 1.29 is 23.8 Å². The molecule has 0 N–H and O–H groups in total. The summed E-state index contributed by atoms with van der Waals surface area (Å²) in [5, 5.41) is 0. The molecule has 0 aliphatic carbocycles. The monoisotopic (exact) mass is 174 g/mol. The molecule has 68 valence electrons. The van der Waals surface area contributed by atoms with Crippen LogP contribution in [0.4, 0.5) is 4.79 Å². The summed E-state index contributed by atoms with van der Waals surface area (Å²) in [5.74, 6) is -0.573. The smallest absolute Gasteiger partial charge is 0.466 e. The van der Waals surface area contributed by atoms with Crippen LogP contribution in [0.2, 0.25) is 0 Å². The van der Waals surface area contributed by atoms with Crippen molar-refractivity contribution in [2.24, 2.45) is 0 Å². The predicted octanol–water partition coefficient (Wildman–Crippen LogP) is 0.475. The molecule has 1 aliphatic rings. The molecule has 1 rings (SSSR count). The number of rotatable bonds is 2. The molecular weight excluding hydrogens is 164 g/mol. The number of ether oxygens (including phenoxy) is 3. The SMILES string of the molecule is CCC1(C(=O)OC)COC(=O)O1. The van der Waals surface area contributed by atoms with E-state index >= 15 is 0 Å². The predicted molar refractivity (Wildman–Crippen MR) is 37.5 cm³/mol. The van der Waals surface area contributed by atoms with Crippen LogP contribution in [0.15, 0.2) is 0 Å². The molecule has 0 aromatic rings. The van der Waals surface area contributed by atoms with E-state index in [4.69, 9.17) is 4.74 Å². The van der Waals surface area contributed by atoms with Gasteiger partial charge in [-0.05, 0) is 6.42 Å². The third-order valence-electron chi connectivity index (χ3n) is 1.83. The molecule has 1 saturated heterocycles. The summed E-state index contributed by atoms with van der Waals surface area (Å²) in [5.41, 5.74) is -1.22. The Hall–Kier alpha value is -1.26. The molecule has 12 heavy (non-hydrogen) atoms. The number of cyclic esters (lactones) is 2. The van der Waals surface area contributed by atoms with Gasteiger partial charge in [-0.25, -0.2) is 9.59 Å². The van der Waals surface area contributed by atoms with Crippen LogP contribution in [0.25, 0.3) is 0 Å². The number of carbonyl (C=O) groups excluding carboxylic acids is 2. The minimum absolute atomic E-state index is 0.0605. The first-order chi connectivity index (χ1) is 5.64. The largest absolute Gasteiger partial charge is 0.509 e. The van der Waals surface area contributed by atoms with E-state index in [0.717, 1.165) is 0 Å². The summed E-state index contributed by atoms with van der Waals surface area (Å²) in [6.07, 6.45) is -0.465. The van der Waals surface area contributed by atoms with Crippen molar-refractivity contribution in [1.29, 1.82) is 0 Å². The summed E-state index contributed by atoms with van der Waals surface area (Å²) in [7, 11) is 1.24. The van der Waals surface area contributed by atoms with Gasteiger partial charge in [-0.15, -0.1) is 0 Å². The van der Waals surface area contributed by atoms with Crippen molar-refractivity contribution in [2.45, 2.75) is 18.9 Å². The van der Waals surface area contributed by atoms with Gasteiger partial charge in [0.25, 0.3) is 0 Å². The van der Waals surface area contributed by atoms with Crippen molar-refractivity contribution >= 4 is 12.1 Å². The van der Waals surface area contributed by atoms with Gasteiger partial charge in [0.2, 0.25) is 5.60 Å². The maximum atomic E-state index is 11.1. The second-order valence-electron chi connectivity index (χ2n) is 2.48. The van der Waals surface area contributed by atoms with E-state index in [9.17, 15) is 9.59 Å². The highest BCUT2D eigenvalue weighted by Gasteiger charge is 2.48. The van der Waals surface area contributed by atoms with Gasteiger partial charge >= 0.3 is 12.1 Å². The molecule has 1 aliphatic heterocycles. The highest BCUT2D eigenvalue weighted by Crippen LogP contribution is 2.24. The fourth-order valence-electron chi connectivity index (χ4n) is 0.999. The van der Waals surface area contributed by atoms with Gasteiger partial charge in [-0.1, -0.05) is 6.92 Å². The first kappa shape index (κ1) is 8.83. The summed E-state index contributed by atoms with van der Waals surface area (Å²) in [6, 6.07) is 0. The van der Waals surface area contributed by atoms with E-state index in [0.29, 0.717) is 6.42 Å². The van der Waals surface area contributed by atoms with Gasteiger partial charge in [0, 0.05) is 0 Å². The maximum absolute atomic E-state index is 11.1. The van der Waals surface area contributed by atoms with E-state index in [1.807, 2.05) is 0 Å². The Morgan fingerprint density at radius 2 is 2.42 bits per heavy atom. The number of hydrogen-bond donors (Lipinski definition) is 0. The lowest BCUT2D eigenvalue weighted by molar-refractivity contribution is -0.159. The standard InChI is InChI=1S/C7H10O5/c1-3-7(5(8)10-2)4-11-6(9)12-7/h3-4H2,1-2H3. The Kier molecular flexibility index (Phi) is 2.21. The van der Waals surface area contributed by atoms with Crippen LogP contribution < -0.4 is 0 Å². The average molecular weight is 174 g/mol. The Labute approximate surface area is 69.6 Å². The van der Waals surface area contributed by atoms with Gasteiger partial charge in [-0.3, -0.25) is 0 Å². The van der Waals surface area contributed by atoms with E-state index in [1.165, 1.54) is 7.11 Å². The van der Waals surface area contributed by atoms with Crippen LogP contribution in [-0.4, -0.2) is 31.4 Å². The maximum Gasteiger partial charge on any atom is 0.509 e. The van der Waals surface area contributed by atoms with Crippen LogP contribution in [-0.2, 0) is 19.0 Å². The number of methoxy groups -OCH3 is 1. The molecule has 1 fully saturated rings. The summed E-state index contributed by atoms with van der Waals surface area (Å²) < 4.78 is 13.7. The lowest BCUT2D eigenvalue weighted by Gasteiger charge is -2.19. The first-order valence-electron chi connectivity index (χ1n) is 3.59. The fourth-order valence-corrected chi connectivity index (χ4v) is 0.999. The average Bonchev–Trinajstić information content (AvgIpc) is 2.47. The normalized spacial score (nSPS) is 27.7. The van der Waals surface area contributed by atoms with Gasteiger partial charge in [0.1, 0.15) is 6.61 Å². The van der Waals surface area contributed by atoms with Gasteiger partial charge in [0.15, 0.2) is 0 Å². The highest BCUT2D eigenvalue weighted by atomic mass is 16.8. The lowest BCUT2D eigenvalue weighted by atomic mass is 10.0. The molecule has 5 heteroatoms. The molecule has 1 atom stereocenters. The van der Waals surface area contributed by atoms with Gasteiger partial charge in [-0.2, -0.15) is 0 Å². The molecule has 0 bridgehead atoms. The Balaban J connectivity index is 2.77. The molecule has 0 amide bonds. The van der Waals surface area contributed by atoms with Crippen LogP contribution in [0, 0.1) is 0 Å². The molecular formula is C7H10O5. The van der Waals surface area contributed by atoms with Crippen molar-refractivity contribution in [3.05, 3.63) is 0 Å². The molecule has 1 heterocycles. The van der Waals surface area contributed by atoms with E-state index in [-0.39, 0.29) is 6.61 Å². The van der Waals surface area contributed by atoms with E-state index in [2.05, 4.69) is 9.47 Å². The minimum atomic E-state index is -1.22. The molecule has 5 nitrogen and oxygen atoms in total. The van der Waals surface area contributed by atoms with E-state index < -0.39 is 17.7 Å². The molecule has 0 radical (unpaired) electrons. The van der Waals surface area contributed by atoms with Crippen molar-refractivity contribution in [3.8, 4) is 0 Å². The van der Waals surface area contributed by atoms with Crippen LogP contribution in [0.5, 0.6) is 0 Å². The number of carbonyl (C=O) groups is 2. The third kappa shape index (κ3) is 1.22. The number of esters is 1. The second-order valence-corrected chi connectivity index (χ2v) is 2.48. The molecule has 0 aromatic heterocycles. The molecule has 0 saturated carbocycles. The lowest BCUT2D eigenvalue weighted by Crippen LogP contribution is -2.41. The summed E-state index contributed by atoms with van der Waals surface area (Å²) in [4.78, 5) is 21.7. The Bertz CT molecular complexity index is 212. The van der Waals surface area contributed by atoms with Gasteiger partial charge < -0.3 is 14.2 Å². The summed E-state index contributed by atoms with van der Waals surface area (Å²) in [6.45, 7) is 1.66. The van der Waals surface area contributed by atoms with Crippen LogP contribution >= 0.6 is 0 Å². The Morgan fingerprint density at radius 3 is 2.75 bits per heavy atom. The zero-order valence-corrected chi connectivity index (χ0v) is 6.96. The zero-order valence-electron chi connectivity index (χ0n) is 6.96. The topological polar surface area (TPSA) is 61.8 Å². The first-order valence-corrected chi connectivity index (χ1v) is 3.59.